The maximum absolute atomic E-state index is 12.4. The summed E-state index contributed by atoms with van der Waals surface area (Å²) in [5.74, 6) is 0. The van der Waals surface area contributed by atoms with Crippen LogP contribution in [0.1, 0.15) is 5.56 Å². The first kappa shape index (κ1) is 14.0. The van der Waals surface area contributed by atoms with Crippen LogP contribution in [0, 0.1) is 3.57 Å². The van der Waals surface area contributed by atoms with Gasteiger partial charge in [0.1, 0.15) is 0 Å². The van der Waals surface area contributed by atoms with Crippen LogP contribution in [0.5, 0.6) is 0 Å². The number of alkyl halides is 3. The maximum atomic E-state index is 12.4. The summed E-state index contributed by atoms with van der Waals surface area (Å²) in [7, 11) is 0. The van der Waals surface area contributed by atoms with Crippen molar-refractivity contribution in [2.45, 2.75) is 6.18 Å². The van der Waals surface area contributed by atoms with Crippen molar-refractivity contribution in [1.29, 1.82) is 0 Å². The van der Waals surface area contributed by atoms with E-state index in [9.17, 15) is 13.2 Å². The van der Waals surface area contributed by atoms with Crippen LogP contribution in [-0.4, -0.2) is 0 Å². The summed E-state index contributed by atoms with van der Waals surface area (Å²) < 4.78 is 38.2. The van der Waals surface area contributed by atoms with Gasteiger partial charge in [-0.1, -0.05) is 0 Å². The molecular weight excluding hydrogens is 368 g/mol. The zero-order chi connectivity index (χ0) is 14.0. The Morgan fingerprint density at radius 3 is 2.16 bits per heavy atom. The van der Waals surface area contributed by atoms with Crippen molar-refractivity contribution < 1.29 is 13.2 Å². The quantitative estimate of drug-likeness (QED) is 0.591. The van der Waals surface area contributed by atoms with E-state index in [0.29, 0.717) is 17.1 Å². The Labute approximate surface area is 122 Å². The number of hydrogen-bond donors (Lipinski definition) is 2. The summed E-state index contributed by atoms with van der Waals surface area (Å²) in [6.45, 7) is 0. The Balaban J connectivity index is 2.20. The minimum absolute atomic E-state index is 0.548. The highest BCUT2D eigenvalue weighted by molar-refractivity contribution is 14.1. The largest absolute Gasteiger partial charge is 0.416 e. The average Bonchev–Trinajstić information content (AvgIpc) is 2.32. The van der Waals surface area contributed by atoms with Crippen LogP contribution in [0.2, 0.25) is 0 Å². The van der Waals surface area contributed by atoms with Crippen molar-refractivity contribution in [3.05, 3.63) is 51.6 Å². The molecule has 0 saturated carbocycles. The molecule has 19 heavy (non-hydrogen) atoms. The zero-order valence-electron chi connectivity index (χ0n) is 9.63. The van der Waals surface area contributed by atoms with Crippen LogP contribution in [0.25, 0.3) is 0 Å². The van der Waals surface area contributed by atoms with E-state index in [1.54, 1.807) is 12.1 Å². The second-order valence-electron chi connectivity index (χ2n) is 3.93. The molecule has 3 N–H and O–H groups in total. The van der Waals surface area contributed by atoms with Crippen LogP contribution in [0.4, 0.5) is 30.2 Å². The van der Waals surface area contributed by atoms with Crippen LogP contribution < -0.4 is 11.1 Å². The van der Waals surface area contributed by atoms with E-state index in [4.69, 9.17) is 5.73 Å². The van der Waals surface area contributed by atoms with E-state index >= 15 is 0 Å². The molecule has 0 heterocycles. The lowest BCUT2D eigenvalue weighted by Crippen LogP contribution is -2.04. The monoisotopic (exact) mass is 378 g/mol. The molecule has 2 rings (SSSR count). The number of nitrogens with one attached hydrogen (secondary N) is 1. The number of rotatable bonds is 2. The van der Waals surface area contributed by atoms with Crippen molar-refractivity contribution in [1.82, 2.24) is 0 Å². The lowest BCUT2D eigenvalue weighted by molar-refractivity contribution is -0.137. The van der Waals surface area contributed by atoms with Gasteiger partial charge in [-0.05, 0) is 65.1 Å². The van der Waals surface area contributed by atoms with Gasteiger partial charge >= 0.3 is 6.18 Å². The maximum Gasteiger partial charge on any atom is 0.416 e. The number of anilines is 3. The molecule has 2 aromatic rings. The lowest BCUT2D eigenvalue weighted by Gasteiger charge is -2.11. The van der Waals surface area contributed by atoms with Gasteiger partial charge in [-0.15, -0.1) is 0 Å². The normalized spacial score (nSPS) is 11.4. The first-order chi connectivity index (χ1) is 8.86. The fraction of sp³-hybridized carbons (Fsp3) is 0.0769. The third-order valence-corrected chi connectivity index (χ3v) is 3.18. The van der Waals surface area contributed by atoms with Crippen LogP contribution >= 0.6 is 22.6 Å². The standard InChI is InChI=1S/C13H10F3IN2/c14-13(15,16)8-1-4-10(5-2-8)19-12-6-3-9(17)7-11(12)18/h1-7,19H,18H2. The Morgan fingerprint density at radius 1 is 1.00 bits per heavy atom. The molecule has 0 bridgehead atoms. The lowest BCUT2D eigenvalue weighted by atomic mass is 10.2. The molecular formula is C13H10F3IN2. The first-order valence-electron chi connectivity index (χ1n) is 5.35. The fourth-order valence-corrected chi connectivity index (χ4v) is 2.06. The van der Waals surface area contributed by atoms with E-state index in [1.165, 1.54) is 12.1 Å². The highest BCUT2D eigenvalue weighted by Crippen LogP contribution is 2.31. The number of benzene rings is 2. The number of halogens is 4. The molecule has 0 aliphatic heterocycles. The predicted octanol–water partition coefficient (Wildman–Crippen LogP) is 4.64. The molecule has 0 unspecified atom stereocenters. The van der Waals surface area contributed by atoms with Crippen LogP contribution in [-0.2, 0) is 6.18 Å². The molecule has 2 aromatic carbocycles. The zero-order valence-corrected chi connectivity index (χ0v) is 11.8. The molecule has 6 heteroatoms. The SMILES string of the molecule is Nc1cc(I)ccc1Nc1ccc(C(F)(F)F)cc1. The van der Waals surface area contributed by atoms with Crippen molar-refractivity contribution in [2.75, 3.05) is 11.1 Å². The summed E-state index contributed by atoms with van der Waals surface area (Å²) in [4.78, 5) is 0. The Bertz CT molecular complexity index is 579. The molecule has 0 amide bonds. The summed E-state index contributed by atoms with van der Waals surface area (Å²) in [5, 5.41) is 2.98. The number of nitrogen functional groups attached to an aromatic ring is 1. The second-order valence-corrected chi connectivity index (χ2v) is 5.18. The van der Waals surface area contributed by atoms with Gasteiger partial charge in [0.2, 0.25) is 0 Å². The Hall–Kier alpha value is -1.44. The number of nitrogens with two attached hydrogens (primary N) is 1. The molecule has 0 spiro atoms. The summed E-state index contributed by atoms with van der Waals surface area (Å²) in [5.41, 5.74) is 6.92. The molecule has 0 fully saturated rings. The Morgan fingerprint density at radius 2 is 1.63 bits per heavy atom. The van der Waals surface area contributed by atoms with Crippen molar-refractivity contribution in [3.63, 3.8) is 0 Å². The molecule has 0 aliphatic rings. The molecule has 2 nitrogen and oxygen atoms in total. The smallest absolute Gasteiger partial charge is 0.397 e. The molecule has 0 radical (unpaired) electrons. The van der Waals surface area contributed by atoms with Crippen LogP contribution in [0.3, 0.4) is 0 Å². The molecule has 0 aromatic heterocycles. The van der Waals surface area contributed by atoms with Gasteiger partial charge in [0.05, 0.1) is 16.9 Å². The van der Waals surface area contributed by atoms with Gasteiger partial charge in [0.15, 0.2) is 0 Å². The topological polar surface area (TPSA) is 38.0 Å². The molecule has 0 saturated heterocycles. The fourth-order valence-electron chi connectivity index (χ4n) is 1.55. The minimum Gasteiger partial charge on any atom is -0.397 e. The highest BCUT2D eigenvalue weighted by atomic mass is 127. The van der Waals surface area contributed by atoms with Gasteiger partial charge in [-0.25, -0.2) is 0 Å². The molecule has 100 valence electrons. The molecule has 0 aliphatic carbocycles. The number of hydrogen-bond acceptors (Lipinski definition) is 2. The van der Waals surface area contributed by atoms with E-state index in [1.807, 2.05) is 6.07 Å². The highest BCUT2D eigenvalue weighted by Gasteiger charge is 2.29. The third kappa shape index (κ3) is 3.52. The van der Waals surface area contributed by atoms with Gasteiger partial charge in [0, 0.05) is 9.26 Å². The van der Waals surface area contributed by atoms with E-state index in [2.05, 4.69) is 27.9 Å². The predicted molar refractivity (Wildman–Crippen MR) is 78.3 cm³/mol. The minimum atomic E-state index is -4.32. The summed E-state index contributed by atoms with van der Waals surface area (Å²) >= 11 is 2.13. The van der Waals surface area contributed by atoms with E-state index in [0.717, 1.165) is 15.7 Å². The van der Waals surface area contributed by atoms with Crippen LogP contribution in [0.15, 0.2) is 42.5 Å². The third-order valence-electron chi connectivity index (χ3n) is 2.50. The van der Waals surface area contributed by atoms with Gasteiger partial charge in [-0.2, -0.15) is 13.2 Å². The van der Waals surface area contributed by atoms with Gasteiger partial charge in [-0.3, -0.25) is 0 Å². The molecule has 0 atom stereocenters. The van der Waals surface area contributed by atoms with Gasteiger partial charge in [0.25, 0.3) is 0 Å². The second kappa shape index (κ2) is 5.28. The summed E-state index contributed by atoms with van der Waals surface area (Å²) in [6, 6.07) is 10.3. The average molecular weight is 378 g/mol. The van der Waals surface area contributed by atoms with Crippen molar-refractivity contribution >= 4 is 39.7 Å². The van der Waals surface area contributed by atoms with Gasteiger partial charge < -0.3 is 11.1 Å². The summed E-state index contributed by atoms with van der Waals surface area (Å²) in [6.07, 6.45) is -4.32. The Kier molecular flexibility index (Phi) is 3.88. The van der Waals surface area contributed by atoms with Crippen molar-refractivity contribution in [2.24, 2.45) is 0 Å². The van der Waals surface area contributed by atoms with E-state index in [-0.39, 0.29) is 0 Å². The van der Waals surface area contributed by atoms with E-state index < -0.39 is 11.7 Å². The first-order valence-corrected chi connectivity index (χ1v) is 6.43. The van der Waals surface area contributed by atoms with Crippen molar-refractivity contribution in [3.8, 4) is 0 Å².